The van der Waals surface area contributed by atoms with Gasteiger partial charge in [-0.2, -0.15) is 0 Å². The van der Waals surface area contributed by atoms with Crippen molar-refractivity contribution in [2.24, 2.45) is 0 Å². The summed E-state index contributed by atoms with van der Waals surface area (Å²) in [6.07, 6.45) is 8.01. The third-order valence-electron chi connectivity index (χ3n) is 4.16. The Morgan fingerprint density at radius 1 is 1.38 bits per heavy atom. The van der Waals surface area contributed by atoms with E-state index < -0.39 is 10.0 Å². The van der Waals surface area contributed by atoms with Gasteiger partial charge in [-0.3, -0.25) is 0 Å². The molecule has 118 valence electrons. The fourth-order valence-electron chi connectivity index (χ4n) is 2.97. The van der Waals surface area contributed by atoms with Crippen molar-refractivity contribution in [1.82, 2.24) is 14.3 Å². The van der Waals surface area contributed by atoms with Crippen molar-refractivity contribution in [3.63, 3.8) is 0 Å². The molecular weight excluding hydrogens is 290 g/mol. The summed E-state index contributed by atoms with van der Waals surface area (Å²) >= 11 is 0. The molecule has 2 aliphatic heterocycles. The van der Waals surface area contributed by atoms with Crippen molar-refractivity contribution < 1.29 is 13.2 Å². The first-order valence-corrected chi connectivity index (χ1v) is 9.41. The molecule has 0 spiro atoms. The second-order valence-electron chi connectivity index (χ2n) is 5.86. The standard InChI is InChI=1S/C14H23N3O3S/c18-21(19,9-6-13-4-3-8-20-13)15-10-12-11-17-7-2-1-5-14(17)16-12/h11,13,15H,1-10H2. The van der Waals surface area contributed by atoms with Crippen molar-refractivity contribution in [3.8, 4) is 0 Å². The van der Waals surface area contributed by atoms with Crippen LogP contribution in [0.5, 0.6) is 0 Å². The minimum atomic E-state index is -3.25. The maximum atomic E-state index is 12.0. The van der Waals surface area contributed by atoms with E-state index >= 15 is 0 Å². The van der Waals surface area contributed by atoms with Crippen LogP contribution in [-0.4, -0.2) is 36.4 Å². The lowest BCUT2D eigenvalue weighted by Crippen LogP contribution is -2.28. The van der Waals surface area contributed by atoms with E-state index in [0.29, 0.717) is 6.42 Å². The van der Waals surface area contributed by atoms with Gasteiger partial charge in [-0.15, -0.1) is 0 Å². The molecule has 3 heterocycles. The first-order chi connectivity index (χ1) is 10.1. The summed E-state index contributed by atoms with van der Waals surface area (Å²) < 4.78 is 34.3. The highest BCUT2D eigenvalue weighted by atomic mass is 32.2. The summed E-state index contributed by atoms with van der Waals surface area (Å²) in [5, 5.41) is 0. The molecule has 3 rings (SSSR count). The van der Waals surface area contributed by atoms with Crippen molar-refractivity contribution in [2.75, 3.05) is 12.4 Å². The number of nitrogens with one attached hydrogen (secondary N) is 1. The highest BCUT2D eigenvalue weighted by Gasteiger charge is 2.20. The zero-order valence-electron chi connectivity index (χ0n) is 12.3. The van der Waals surface area contributed by atoms with Gasteiger partial charge in [0.15, 0.2) is 0 Å². The first kappa shape index (κ1) is 15.0. The highest BCUT2D eigenvalue weighted by molar-refractivity contribution is 7.89. The molecule has 0 aromatic carbocycles. The molecule has 0 amide bonds. The van der Waals surface area contributed by atoms with E-state index in [0.717, 1.165) is 43.9 Å². The van der Waals surface area contributed by atoms with Gasteiger partial charge >= 0.3 is 0 Å². The normalized spacial score (nSPS) is 22.4. The number of hydrogen-bond donors (Lipinski definition) is 1. The zero-order valence-corrected chi connectivity index (χ0v) is 13.1. The molecule has 0 bridgehead atoms. The van der Waals surface area contributed by atoms with E-state index in [9.17, 15) is 8.42 Å². The minimum absolute atomic E-state index is 0.112. The SMILES string of the molecule is O=S(=O)(CCC1CCCO1)NCc1cn2c(n1)CCCC2. The van der Waals surface area contributed by atoms with Gasteiger partial charge in [0, 0.05) is 25.8 Å². The fourth-order valence-corrected chi connectivity index (χ4v) is 4.06. The number of fused-ring (bicyclic) bond motifs is 1. The summed E-state index contributed by atoms with van der Waals surface area (Å²) in [5.74, 6) is 1.21. The maximum Gasteiger partial charge on any atom is 0.212 e. The largest absolute Gasteiger partial charge is 0.378 e. The van der Waals surface area contributed by atoms with Crippen LogP contribution in [0, 0.1) is 0 Å². The number of rotatable bonds is 6. The minimum Gasteiger partial charge on any atom is -0.378 e. The molecule has 1 N–H and O–H groups in total. The van der Waals surface area contributed by atoms with Gasteiger partial charge in [-0.25, -0.2) is 18.1 Å². The monoisotopic (exact) mass is 313 g/mol. The Morgan fingerprint density at radius 3 is 3.05 bits per heavy atom. The van der Waals surface area contributed by atoms with Gasteiger partial charge < -0.3 is 9.30 Å². The average Bonchev–Trinajstić information content (AvgIpc) is 3.12. The molecule has 7 heteroatoms. The Balaban J connectivity index is 1.49. The van der Waals surface area contributed by atoms with Crippen LogP contribution in [0.1, 0.15) is 43.6 Å². The molecule has 21 heavy (non-hydrogen) atoms. The van der Waals surface area contributed by atoms with E-state index in [1.807, 2.05) is 6.20 Å². The maximum absolute atomic E-state index is 12.0. The second kappa shape index (κ2) is 6.46. The Labute approximate surface area is 125 Å². The predicted octanol–water partition coefficient (Wildman–Crippen LogP) is 1.21. The summed E-state index contributed by atoms with van der Waals surface area (Å²) in [6.45, 7) is 2.04. The molecule has 0 saturated carbocycles. The van der Waals surface area contributed by atoms with Crippen LogP contribution in [0.2, 0.25) is 0 Å². The molecule has 1 unspecified atom stereocenters. The van der Waals surface area contributed by atoms with Crippen LogP contribution in [0.4, 0.5) is 0 Å². The molecule has 1 aromatic heterocycles. The van der Waals surface area contributed by atoms with E-state index in [1.165, 1.54) is 12.8 Å². The molecule has 1 aromatic rings. The predicted molar refractivity (Wildman–Crippen MR) is 79.4 cm³/mol. The number of imidazole rings is 1. The molecule has 6 nitrogen and oxygen atoms in total. The summed E-state index contributed by atoms with van der Waals surface area (Å²) in [6, 6.07) is 0. The molecule has 0 radical (unpaired) electrons. The number of nitrogens with zero attached hydrogens (tertiary/aromatic N) is 2. The van der Waals surface area contributed by atoms with E-state index in [4.69, 9.17) is 4.74 Å². The molecule has 1 fully saturated rings. The molecular formula is C14H23N3O3S. The summed E-state index contributed by atoms with van der Waals surface area (Å²) in [4.78, 5) is 4.50. The van der Waals surface area contributed by atoms with Gasteiger partial charge in [0.05, 0.1) is 24.1 Å². The third kappa shape index (κ3) is 4.05. The first-order valence-electron chi connectivity index (χ1n) is 7.76. The molecule has 1 atom stereocenters. The fraction of sp³-hybridized carbons (Fsp3) is 0.786. The smallest absolute Gasteiger partial charge is 0.212 e. The highest BCUT2D eigenvalue weighted by Crippen LogP contribution is 2.16. The lowest BCUT2D eigenvalue weighted by molar-refractivity contribution is 0.109. The third-order valence-corrected chi connectivity index (χ3v) is 5.52. The van der Waals surface area contributed by atoms with Crippen molar-refractivity contribution in [2.45, 2.75) is 57.7 Å². The Hall–Kier alpha value is -0.920. The van der Waals surface area contributed by atoms with Crippen molar-refractivity contribution >= 4 is 10.0 Å². The Kier molecular flexibility index (Phi) is 4.61. The van der Waals surface area contributed by atoms with Crippen LogP contribution < -0.4 is 4.72 Å². The average molecular weight is 313 g/mol. The van der Waals surface area contributed by atoms with Gasteiger partial charge in [0.1, 0.15) is 5.82 Å². The van der Waals surface area contributed by atoms with Crippen LogP contribution in [0.25, 0.3) is 0 Å². The van der Waals surface area contributed by atoms with Crippen LogP contribution >= 0.6 is 0 Å². The topological polar surface area (TPSA) is 73.2 Å². The van der Waals surface area contributed by atoms with Gasteiger partial charge in [-0.05, 0) is 32.1 Å². The van der Waals surface area contributed by atoms with Crippen LogP contribution in [0.15, 0.2) is 6.20 Å². The van der Waals surface area contributed by atoms with Gasteiger partial charge in [0.25, 0.3) is 0 Å². The Morgan fingerprint density at radius 2 is 2.29 bits per heavy atom. The van der Waals surface area contributed by atoms with Crippen LogP contribution in [0.3, 0.4) is 0 Å². The number of sulfonamides is 1. The lowest BCUT2D eigenvalue weighted by atomic mass is 10.2. The van der Waals surface area contributed by atoms with Crippen molar-refractivity contribution in [1.29, 1.82) is 0 Å². The van der Waals surface area contributed by atoms with E-state index in [2.05, 4.69) is 14.3 Å². The van der Waals surface area contributed by atoms with E-state index in [-0.39, 0.29) is 18.4 Å². The molecule has 0 aliphatic carbocycles. The summed E-state index contributed by atoms with van der Waals surface area (Å²) in [5.41, 5.74) is 0.813. The van der Waals surface area contributed by atoms with E-state index in [1.54, 1.807) is 0 Å². The van der Waals surface area contributed by atoms with Crippen molar-refractivity contribution in [3.05, 3.63) is 17.7 Å². The zero-order chi connectivity index (χ0) is 14.7. The summed E-state index contributed by atoms with van der Waals surface area (Å²) in [7, 11) is -3.25. The number of ether oxygens (including phenoxy) is 1. The van der Waals surface area contributed by atoms with Gasteiger partial charge in [-0.1, -0.05) is 0 Å². The number of aromatic nitrogens is 2. The molecule has 2 aliphatic rings. The lowest BCUT2D eigenvalue weighted by Gasteiger charge is -2.11. The number of aryl methyl sites for hydroxylation is 2. The number of hydrogen-bond acceptors (Lipinski definition) is 4. The van der Waals surface area contributed by atoms with Crippen LogP contribution in [-0.2, 0) is 34.3 Å². The second-order valence-corrected chi connectivity index (χ2v) is 7.79. The van der Waals surface area contributed by atoms with Gasteiger partial charge in [0.2, 0.25) is 10.0 Å². The molecule has 1 saturated heterocycles. The quantitative estimate of drug-likeness (QED) is 0.857. The Bertz CT molecular complexity index is 553.